The highest BCUT2D eigenvalue weighted by atomic mass is 16.5. The van der Waals surface area contributed by atoms with E-state index < -0.39 is 0 Å². The Hall–Kier alpha value is -2.86. The number of benzene rings is 1. The summed E-state index contributed by atoms with van der Waals surface area (Å²) in [7, 11) is 0. The van der Waals surface area contributed by atoms with Gasteiger partial charge in [-0.15, -0.1) is 0 Å². The number of nitrogens with one attached hydrogen (secondary N) is 3. The van der Waals surface area contributed by atoms with Crippen LogP contribution in [0.1, 0.15) is 49.7 Å². The predicted octanol–water partition coefficient (Wildman–Crippen LogP) is 4.15. The van der Waals surface area contributed by atoms with Crippen molar-refractivity contribution in [2.75, 3.05) is 25.0 Å². The average molecular weight is 390 g/mol. The van der Waals surface area contributed by atoms with Gasteiger partial charge < -0.3 is 20.4 Å². The number of hydrogen-bond acceptors (Lipinski definition) is 4. The molecule has 2 aliphatic rings. The van der Waals surface area contributed by atoms with Crippen molar-refractivity contribution in [1.82, 2.24) is 15.3 Å². The number of anilines is 1. The van der Waals surface area contributed by atoms with E-state index in [9.17, 15) is 4.79 Å². The number of pyridine rings is 1. The Balaban J connectivity index is 1.67. The molecule has 0 saturated carbocycles. The van der Waals surface area contributed by atoms with Crippen LogP contribution < -0.4 is 15.4 Å². The van der Waals surface area contributed by atoms with Crippen LogP contribution in [0.3, 0.4) is 0 Å². The molecular weight excluding hydrogens is 364 g/mol. The lowest BCUT2D eigenvalue weighted by molar-refractivity contribution is -0.118. The van der Waals surface area contributed by atoms with Crippen molar-refractivity contribution in [3.8, 4) is 17.1 Å². The van der Waals surface area contributed by atoms with E-state index in [0.717, 1.165) is 29.9 Å². The van der Waals surface area contributed by atoms with Gasteiger partial charge in [-0.2, -0.15) is 0 Å². The molecule has 0 aliphatic carbocycles. The summed E-state index contributed by atoms with van der Waals surface area (Å²) in [4.78, 5) is 19.8. The number of ether oxygens (including phenoxy) is 1. The number of hydrogen-bond donors (Lipinski definition) is 3. The van der Waals surface area contributed by atoms with E-state index in [4.69, 9.17) is 4.74 Å². The van der Waals surface area contributed by atoms with Crippen LogP contribution in [0.5, 0.6) is 5.88 Å². The second-order valence-corrected chi connectivity index (χ2v) is 8.27. The molecule has 0 radical (unpaired) electrons. The number of rotatable bonds is 3. The number of aromatic amines is 1. The van der Waals surface area contributed by atoms with Gasteiger partial charge in [-0.25, -0.2) is 4.98 Å². The molecule has 5 rings (SSSR count). The molecule has 0 atom stereocenters. The van der Waals surface area contributed by atoms with Crippen LogP contribution in [-0.2, 0) is 4.79 Å². The number of aromatic nitrogens is 2. The molecule has 1 aromatic carbocycles. The minimum Gasteiger partial charge on any atom is -0.466 e. The third-order valence-corrected chi connectivity index (χ3v) is 6.04. The molecule has 2 aliphatic heterocycles. The van der Waals surface area contributed by atoms with Gasteiger partial charge in [0.25, 0.3) is 5.91 Å². The molecule has 6 heteroatoms. The Morgan fingerprint density at radius 2 is 2.00 bits per heavy atom. The average Bonchev–Trinajstić information content (AvgIpc) is 3.12. The summed E-state index contributed by atoms with van der Waals surface area (Å²) in [5, 5.41) is 7.66. The van der Waals surface area contributed by atoms with Crippen molar-refractivity contribution in [2.24, 2.45) is 0 Å². The van der Waals surface area contributed by atoms with Crippen LogP contribution in [0.2, 0.25) is 0 Å². The van der Waals surface area contributed by atoms with Gasteiger partial charge in [-0.05, 0) is 67.1 Å². The third-order valence-electron chi connectivity index (χ3n) is 6.04. The zero-order valence-electron chi connectivity index (χ0n) is 16.8. The van der Waals surface area contributed by atoms with Gasteiger partial charge in [0, 0.05) is 22.7 Å². The summed E-state index contributed by atoms with van der Waals surface area (Å²) in [5.41, 5.74) is 6.41. The second-order valence-electron chi connectivity index (χ2n) is 8.27. The van der Waals surface area contributed by atoms with Crippen LogP contribution >= 0.6 is 0 Å². The number of carbonyl (C=O) groups excluding carboxylic acids is 1. The van der Waals surface area contributed by atoms with Crippen molar-refractivity contribution < 1.29 is 9.53 Å². The third kappa shape index (κ3) is 3.17. The summed E-state index contributed by atoms with van der Waals surface area (Å²) < 4.78 is 5.53. The van der Waals surface area contributed by atoms with Gasteiger partial charge in [0.2, 0.25) is 5.88 Å². The highest BCUT2D eigenvalue weighted by Gasteiger charge is 2.25. The second kappa shape index (κ2) is 7.19. The topological polar surface area (TPSA) is 79.0 Å². The van der Waals surface area contributed by atoms with Crippen LogP contribution in [0.25, 0.3) is 22.2 Å². The van der Waals surface area contributed by atoms with E-state index in [0.29, 0.717) is 23.4 Å². The number of fused-ring (bicyclic) bond motifs is 2. The number of carbonyl (C=O) groups is 1. The molecule has 1 amide bonds. The maximum absolute atomic E-state index is 11.9. The fourth-order valence-electron chi connectivity index (χ4n) is 4.64. The van der Waals surface area contributed by atoms with Gasteiger partial charge in [0.05, 0.1) is 5.69 Å². The van der Waals surface area contributed by atoms with E-state index in [1.807, 2.05) is 6.07 Å². The molecular formula is C23H26N4O2. The van der Waals surface area contributed by atoms with Crippen molar-refractivity contribution in [3.05, 3.63) is 41.6 Å². The Morgan fingerprint density at radius 1 is 1.17 bits per heavy atom. The fraction of sp³-hybridized carbons (Fsp3) is 0.391. The Bertz CT molecular complexity index is 1080. The van der Waals surface area contributed by atoms with E-state index >= 15 is 0 Å². The lowest BCUT2D eigenvalue weighted by Gasteiger charge is -2.23. The van der Waals surface area contributed by atoms with Gasteiger partial charge in [0.15, 0.2) is 6.61 Å². The van der Waals surface area contributed by atoms with Gasteiger partial charge >= 0.3 is 0 Å². The lowest BCUT2D eigenvalue weighted by Crippen LogP contribution is -2.26. The largest absolute Gasteiger partial charge is 0.466 e. The van der Waals surface area contributed by atoms with E-state index in [1.54, 1.807) is 6.20 Å². The monoisotopic (exact) mass is 390 g/mol. The first-order chi connectivity index (χ1) is 14.1. The van der Waals surface area contributed by atoms with Gasteiger partial charge in [-0.3, -0.25) is 4.79 Å². The zero-order chi connectivity index (χ0) is 20.0. The van der Waals surface area contributed by atoms with E-state index in [2.05, 4.69) is 52.6 Å². The molecule has 3 aromatic rings. The zero-order valence-corrected chi connectivity index (χ0v) is 16.8. The molecule has 6 nitrogen and oxygen atoms in total. The quantitative estimate of drug-likeness (QED) is 0.628. The Morgan fingerprint density at radius 3 is 2.79 bits per heavy atom. The summed E-state index contributed by atoms with van der Waals surface area (Å²) in [6.45, 7) is 6.60. The summed E-state index contributed by atoms with van der Waals surface area (Å²) in [6.07, 6.45) is 4.10. The van der Waals surface area contributed by atoms with E-state index in [-0.39, 0.29) is 12.5 Å². The standard InChI is InChI=1S/C23H26N4O2/c1-13(2)20-17-11-15(14-5-8-24-9-6-14)3-4-18(17)26-21(20)16-7-10-25-23-22(16)27-19(28)12-29-23/h3-4,7,10-11,13-14,24,26H,5-6,8-9,12H2,1-2H3,(H,27,28). The first-order valence-electron chi connectivity index (χ1n) is 10.4. The maximum Gasteiger partial charge on any atom is 0.262 e. The number of nitrogens with zero attached hydrogens (tertiary/aromatic N) is 1. The Kier molecular flexibility index (Phi) is 4.51. The van der Waals surface area contributed by atoms with Gasteiger partial charge in [-0.1, -0.05) is 19.9 Å². The van der Waals surface area contributed by atoms with Gasteiger partial charge in [0.1, 0.15) is 5.69 Å². The van der Waals surface area contributed by atoms with Crippen molar-refractivity contribution in [2.45, 2.75) is 38.5 Å². The van der Waals surface area contributed by atoms with Crippen LogP contribution in [0, 0.1) is 0 Å². The molecule has 1 saturated heterocycles. The molecule has 1 fully saturated rings. The van der Waals surface area contributed by atoms with Crippen molar-refractivity contribution in [1.29, 1.82) is 0 Å². The highest BCUT2D eigenvalue weighted by Crippen LogP contribution is 2.42. The molecule has 0 unspecified atom stereocenters. The number of piperidine rings is 1. The lowest BCUT2D eigenvalue weighted by atomic mass is 9.88. The van der Waals surface area contributed by atoms with Crippen LogP contribution in [0.15, 0.2) is 30.5 Å². The SMILES string of the molecule is CC(C)c1c(-c2ccnc3c2NC(=O)CO3)[nH]c2ccc(C3CCNCC3)cc12. The predicted molar refractivity (Wildman–Crippen MR) is 115 cm³/mol. The molecule has 29 heavy (non-hydrogen) atoms. The summed E-state index contributed by atoms with van der Waals surface area (Å²) in [6, 6.07) is 8.77. The number of amides is 1. The molecule has 3 N–H and O–H groups in total. The molecule has 0 bridgehead atoms. The molecule has 2 aromatic heterocycles. The minimum atomic E-state index is -0.151. The van der Waals surface area contributed by atoms with Crippen LogP contribution in [0.4, 0.5) is 5.69 Å². The van der Waals surface area contributed by atoms with Crippen LogP contribution in [-0.4, -0.2) is 35.6 Å². The molecule has 4 heterocycles. The van der Waals surface area contributed by atoms with E-state index in [1.165, 1.54) is 29.4 Å². The van der Waals surface area contributed by atoms with Crippen molar-refractivity contribution in [3.63, 3.8) is 0 Å². The first-order valence-corrected chi connectivity index (χ1v) is 10.4. The molecule has 150 valence electrons. The maximum atomic E-state index is 11.9. The minimum absolute atomic E-state index is 0.00674. The van der Waals surface area contributed by atoms with Crippen molar-refractivity contribution >= 4 is 22.5 Å². The number of H-pyrrole nitrogens is 1. The first kappa shape index (κ1) is 18.2. The highest BCUT2D eigenvalue weighted by molar-refractivity contribution is 6.02. The normalized spacial score (nSPS) is 17.3. The fourth-order valence-corrected chi connectivity index (χ4v) is 4.64. The summed E-state index contributed by atoms with van der Waals surface area (Å²) in [5.74, 6) is 1.26. The Labute approximate surface area is 170 Å². The smallest absolute Gasteiger partial charge is 0.262 e. The molecule has 0 spiro atoms. The summed E-state index contributed by atoms with van der Waals surface area (Å²) >= 11 is 0.